The van der Waals surface area contributed by atoms with E-state index in [-0.39, 0.29) is 0 Å². The number of furan rings is 1. The van der Waals surface area contributed by atoms with Gasteiger partial charge >= 0.3 is 0 Å². The van der Waals surface area contributed by atoms with Crippen molar-refractivity contribution in [3.63, 3.8) is 0 Å². The molecule has 0 spiro atoms. The summed E-state index contributed by atoms with van der Waals surface area (Å²) < 4.78 is 6.43. The van der Waals surface area contributed by atoms with Crippen LogP contribution in [0.3, 0.4) is 0 Å². The highest BCUT2D eigenvalue weighted by Gasteiger charge is 2.17. The summed E-state index contributed by atoms with van der Waals surface area (Å²) in [5, 5.41) is 4.80. The zero-order chi connectivity index (χ0) is 21.7. The van der Waals surface area contributed by atoms with Crippen molar-refractivity contribution in [1.29, 1.82) is 0 Å². The molecule has 0 saturated carbocycles. The Bertz CT molecular complexity index is 1580. The summed E-state index contributed by atoms with van der Waals surface area (Å²) in [6, 6.07) is 36.9. The Morgan fingerprint density at radius 1 is 0.562 bits per heavy atom. The monoisotopic (exact) mass is 412 g/mol. The molecule has 0 N–H and O–H groups in total. The first-order chi connectivity index (χ1) is 15.7. The molecule has 6 aromatic rings. The van der Waals surface area contributed by atoms with Crippen LogP contribution in [-0.4, -0.2) is 0 Å². The van der Waals surface area contributed by atoms with Crippen molar-refractivity contribution in [2.24, 2.45) is 0 Å². The Hall–Kier alpha value is -3.84. The summed E-state index contributed by atoms with van der Waals surface area (Å²) in [6.45, 7) is 4.47. The van der Waals surface area contributed by atoms with Crippen LogP contribution in [-0.2, 0) is 0 Å². The second-order valence-corrected chi connectivity index (χ2v) is 8.77. The van der Waals surface area contributed by atoms with Gasteiger partial charge in [0.1, 0.15) is 11.2 Å². The molecule has 0 unspecified atom stereocenters. The average molecular weight is 413 g/mol. The van der Waals surface area contributed by atoms with Crippen LogP contribution in [0.4, 0.5) is 0 Å². The number of rotatable bonds is 3. The lowest BCUT2D eigenvalue weighted by molar-refractivity contribution is 0.670. The third-order valence-corrected chi connectivity index (χ3v) is 6.49. The van der Waals surface area contributed by atoms with Crippen LogP contribution in [0.1, 0.15) is 25.3 Å². The van der Waals surface area contributed by atoms with Crippen molar-refractivity contribution < 1.29 is 4.42 Å². The number of hydrogen-bond donors (Lipinski definition) is 0. The van der Waals surface area contributed by atoms with Crippen LogP contribution in [0, 0.1) is 0 Å². The van der Waals surface area contributed by atoms with Gasteiger partial charge in [0.25, 0.3) is 0 Å². The molecule has 0 saturated heterocycles. The molecule has 0 atom stereocenters. The molecule has 0 aliphatic carbocycles. The van der Waals surface area contributed by atoms with Crippen molar-refractivity contribution in [3.05, 3.63) is 109 Å². The molecule has 0 aliphatic rings. The minimum absolute atomic E-state index is 0.518. The van der Waals surface area contributed by atoms with Gasteiger partial charge in [-0.3, -0.25) is 0 Å². The van der Waals surface area contributed by atoms with E-state index in [9.17, 15) is 0 Å². The SMILES string of the molecule is CC(C)c1ccc(-c2ccc3ccccc3c2-c2cccc3c2oc2ccccc23)cc1. The summed E-state index contributed by atoms with van der Waals surface area (Å²) in [4.78, 5) is 0. The molecule has 1 heterocycles. The summed E-state index contributed by atoms with van der Waals surface area (Å²) in [6.07, 6.45) is 0. The smallest absolute Gasteiger partial charge is 0.143 e. The predicted molar refractivity (Wildman–Crippen MR) is 136 cm³/mol. The van der Waals surface area contributed by atoms with E-state index >= 15 is 0 Å². The zero-order valence-electron chi connectivity index (χ0n) is 18.3. The standard InChI is InChI=1S/C31H24O/c1-20(2)21-14-16-23(17-15-21)25-19-18-22-8-3-4-9-24(22)30(25)28-12-7-11-27-26-10-5-6-13-29(26)32-31(27)28/h3-20H,1-2H3. The largest absolute Gasteiger partial charge is 0.455 e. The fraction of sp³-hybridized carbons (Fsp3) is 0.0968. The van der Waals surface area contributed by atoms with E-state index in [1.54, 1.807) is 0 Å². The second kappa shape index (κ2) is 7.39. The van der Waals surface area contributed by atoms with Crippen LogP contribution in [0.2, 0.25) is 0 Å². The van der Waals surface area contributed by atoms with Gasteiger partial charge in [-0.05, 0) is 39.4 Å². The normalized spacial score (nSPS) is 11.7. The van der Waals surface area contributed by atoms with Crippen molar-refractivity contribution in [1.82, 2.24) is 0 Å². The summed E-state index contributed by atoms with van der Waals surface area (Å²) in [7, 11) is 0. The van der Waals surface area contributed by atoms with Crippen LogP contribution >= 0.6 is 0 Å². The fourth-order valence-electron chi connectivity index (χ4n) is 4.79. The number of para-hydroxylation sites is 2. The van der Waals surface area contributed by atoms with Gasteiger partial charge in [0, 0.05) is 21.9 Å². The van der Waals surface area contributed by atoms with E-state index in [0.717, 1.165) is 27.5 Å². The molecule has 1 heteroatoms. The van der Waals surface area contributed by atoms with Crippen LogP contribution in [0.15, 0.2) is 108 Å². The highest BCUT2D eigenvalue weighted by Crippen LogP contribution is 2.43. The predicted octanol–water partition coefficient (Wildman–Crippen LogP) is 9.20. The average Bonchev–Trinajstić information content (AvgIpc) is 3.22. The summed E-state index contributed by atoms with van der Waals surface area (Å²) in [5.74, 6) is 0.518. The van der Waals surface area contributed by atoms with Crippen molar-refractivity contribution in [2.45, 2.75) is 19.8 Å². The third kappa shape index (κ3) is 2.93. The maximum Gasteiger partial charge on any atom is 0.143 e. The molecule has 154 valence electrons. The van der Waals surface area contributed by atoms with Gasteiger partial charge in [0.05, 0.1) is 0 Å². The van der Waals surface area contributed by atoms with Gasteiger partial charge in [0.15, 0.2) is 0 Å². The highest BCUT2D eigenvalue weighted by atomic mass is 16.3. The molecule has 0 fully saturated rings. The van der Waals surface area contributed by atoms with Gasteiger partial charge in [-0.2, -0.15) is 0 Å². The first-order valence-electron chi connectivity index (χ1n) is 11.2. The molecule has 0 aliphatic heterocycles. The molecule has 1 aromatic heterocycles. The number of hydrogen-bond acceptors (Lipinski definition) is 1. The molecule has 1 nitrogen and oxygen atoms in total. The lowest BCUT2D eigenvalue weighted by Crippen LogP contribution is -1.90. The maximum atomic E-state index is 6.43. The van der Waals surface area contributed by atoms with Crippen LogP contribution in [0.5, 0.6) is 0 Å². The fourth-order valence-corrected chi connectivity index (χ4v) is 4.79. The maximum absolute atomic E-state index is 6.43. The Kier molecular flexibility index (Phi) is 4.36. The second-order valence-electron chi connectivity index (χ2n) is 8.77. The van der Waals surface area contributed by atoms with Crippen molar-refractivity contribution in [2.75, 3.05) is 0 Å². The Morgan fingerprint density at radius 2 is 1.28 bits per heavy atom. The van der Waals surface area contributed by atoms with E-state index in [4.69, 9.17) is 4.42 Å². The Balaban J connectivity index is 1.69. The van der Waals surface area contributed by atoms with Gasteiger partial charge in [0.2, 0.25) is 0 Å². The zero-order valence-corrected chi connectivity index (χ0v) is 18.3. The summed E-state index contributed by atoms with van der Waals surface area (Å²) in [5.41, 5.74) is 8.05. The van der Waals surface area contributed by atoms with Crippen molar-refractivity contribution >= 4 is 32.7 Å². The molecule has 5 aromatic carbocycles. The van der Waals surface area contributed by atoms with Crippen molar-refractivity contribution in [3.8, 4) is 22.3 Å². The van der Waals surface area contributed by atoms with Gasteiger partial charge in [-0.25, -0.2) is 0 Å². The minimum Gasteiger partial charge on any atom is -0.455 e. The molecule has 32 heavy (non-hydrogen) atoms. The van der Waals surface area contributed by atoms with E-state index < -0.39 is 0 Å². The quantitative estimate of drug-likeness (QED) is 0.282. The first kappa shape index (κ1) is 18.9. The number of benzene rings is 5. The van der Waals surface area contributed by atoms with Gasteiger partial charge < -0.3 is 4.42 Å². The Morgan fingerprint density at radius 3 is 2.09 bits per heavy atom. The van der Waals surface area contributed by atoms with E-state index in [1.165, 1.54) is 33.0 Å². The molecular weight excluding hydrogens is 388 g/mol. The molecule has 0 radical (unpaired) electrons. The lowest BCUT2D eigenvalue weighted by atomic mass is 9.88. The van der Waals surface area contributed by atoms with E-state index in [2.05, 4.69) is 105 Å². The van der Waals surface area contributed by atoms with Crippen LogP contribution < -0.4 is 0 Å². The van der Waals surface area contributed by atoms with Gasteiger partial charge in [-0.15, -0.1) is 0 Å². The summed E-state index contributed by atoms with van der Waals surface area (Å²) >= 11 is 0. The van der Waals surface area contributed by atoms with E-state index in [1.807, 2.05) is 12.1 Å². The number of fused-ring (bicyclic) bond motifs is 4. The molecule has 6 rings (SSSR count). The highest BCUT2D eigenvalue weighted by molar-refractivity contribution is 6.14. The molecule has 0 amide bonds. The van der Waals surface area contributed by atoms with Crippen LogP contribution in [0.25, 0.3) is 55.0 Å². The topological polar surface area (TPSA) is 13.1 Å². The first-order valence-corrected chi connectivity index (χ1v) is 11.2. The Labute approximate surface area is 187 Å². The van der Waals surface area contributed by atoms with E-state index in [0.29, 0.717) is 5.92 Å². The third-order valence-electron chi connectivity index (χ3n) is 6.49. The minimum atomic E-state index is 0.518. The molecular formula is C31H24O. The molecule has 0 bridgehead atoms. The lowest BCUT2D eigenvalue weighted by Gasteiger charge is -2.15. The van der Waals surface area contributed by atoms with Gasteiger partial charge in [-0.1, -0.05) is 111 Å².